The Morgan fingerprint density at radius 1 is 1.40 bits per heavy atom. The molecule has 20 heavy (non-hydrogen) atoms. The maximum Gasteiger partial charge on any atom is 0.274 e. The van der Waals surface area contributed by atoms with Crippen molar-refractivity contribution in [3.63, 3.8) is 0 Å². The molecule has 0 aromatic carbocycles. The monoisotopic (exact) mass is 298 g/mol. The van der Waals surface area contributed by atoms with Crippen LogP contribution in [0.3, 0.4) is 0 Å². The fourth-order valence-electron chi connectivity index (χ4n) is 2.11. The van der Waals surface area contributed by atoms with Crippen molar-refractivity contribution in [3.8, 4) is 0 Å². The van der Waals surface area contributed by atoms with Gasteiger partial charge in [-0.3, -0.25) is 9.78 Å². The van der Waals surface area contributed by atoms with Gasteiger partial charge in [-0.2, -0.15) is 0 Å². The zero-order valence-corrected chi connectivity index (χ0v) is 12.1. The van der Waals surface area contributed by atoms with Crippen molar-refractivity contribution in [1.29, 1.82) is 0 Å². The van der Waals surface area contributed by atoms with Crippen LogP contribution >= 0.6 is 0 Å². The second-order valence-corrected chi connectivity index (χ2v) is 6.72. The number of rotatable bonds is 4. The topological polar surface area (TPSA) is 92.3 Å². The Bertz CT molecular complexity index is 553. The molecule has 110 valence electrons. The van der Waals surface area contributed by atoms with E-state index in [-0.39, 0.29) is 17.7 Å². The van der Waals surface area contributed by atoms with Crippen molar-refractivity contribution in [2.45, 2.75) is 25.8 Å². The smallest absolute Gasteiger partial charge is 0.274 e. The van der Waals surface area contributed by atoms with E-state index in [0.717, 1.165) is 0 Å². The zero-order chi connectivity index (χ0) is 14.6. The summed E-state index contributed by atoms with van der Waals surface area (Å²) in [6, 6.07) is -0.0918. The first-order chi connectivity index (χ1) is 9.52. The molecule has 0 spiro atoms. The lowest BCUT2D eigenvalue weighted by Gasteiger charge is -2.31. The molecule has 0 saturated carbocycles. The first-order valence-corrected chi connectivity index (χ1v) is 8.22. The van der Waals surface area contributed by atoms with Crippen LogP contribution in [-0.2, 0) is 10.0 Å². The van der Waals surface area contributed by atoms with Crippen LogP contribution in [0.4, 0.5) is 0 Å². The molecule has 0 radical (unpaired) electrons. The number of piperidine rings is 1. The van der Waals surface area contributed by atoms with E-state index in [1.807, 2.05) is 0 Å². The largest absolute Gasteiger partial charge is 0.337 e. The molecule has 1 fully saturated rings. The number of carbonyl (C=O) groups excluding carboxylic acids is 1. The molecular weight excluding hydrogens is 280 g/mol. The van der Waals surface area contributed by atoms with Crippen LogP contribution in [0.15, 0.2) is 18.6 Å². The molecule has 1 aliphatic heterocycles. The Hall–Kier alpha value is -1.54. The number of carbonyl (C=O) groups is 1. The lowest BCUT2D eigenvalue weighted by atomic mass is 10.1. The minimum absolute atomic E-state index is 0.0751. The average Bonchev–Trinajstić information content (AvgIpc) is 2.48. The van der Waals surface area contributed by atoms with E-state index >= 15 is 0 Å². The molecule has 1 saturated heterocycles. The molecule has 0 atom stereocenters. The second kappa shape index (κ2) is 6.27. The summed E-state index contributed by atoms with van der Waals surface area (Å²) < 4.78 is 25.6. The lowest BCUT2D eigenvalue weighted by molar-refractivity contribution is 0.0705. The number of amides is 1. The Kier molecular flexibility index (Phi) is 4.66. The van der Waals surface area contributed by atoms with Gasteiger partial charge in [-0.1, -0.05) is 0 Å². The molecule has 1 aromatic heterocycles. The van der Waals surface area contributed by atoms with Gasteiger partial charge in [-0.05, 0) is 19.8 Å². The average molecular weight is 298 g/mol. The van der Waals surface area contributed by atoms with E-state index in [2.05, 4.69) is 14.7 Å². The van der Waals surface area contributed by atoms with Crippen LogP contribution in [0.2, 0.25) is 0 Å². The second-order valence-electron chi connectivity index (χ2n) is 4.68. The van der Waals surface area contributed by atoms with Gasteiger partial charge in [0.05, 0.1) is 11.9 Å². The Morgan fingerprint density at radius 2 is 2.10 bits per heavy atom. The highest BCUT2D eigenvalue weighted by atomic mass is 32.2. The molecule has 1 aliphatic rings. The SMILES string of the molecule is CCS(=O)(=O)NC1CCN(C(=O)c2cnccn2)CC1. The third-order valence-electron chi connectivity index (χ3n) is 3.29. The number of aromatic nitrogens is 2. The van der Waals surface area contributed by atoms with Gasteiger partial charge >= 0.3 is 0 Å². The molecule has 0 aliphatic carbocycles. The number of nitrogens with zero attached hydrogens (tertiary/aromatic N) is 3. The highest BCUT2D eigenvalue weighted by molar-refractivity contribution is 7.89. The molecule has 2 heterocycles. The number of likely N-dealkylation sites (tertiary alicyclic amines) is 1. The van der Waals surface area contributed by atoms with Gasteiger partial charge < -0.3 is 4.90 Å². The standard InChI is InChI=1S/C12H18N4O3S/c1-2-20(18,19)15-10-3-7-16(8-4-10)12(17)11-9-13-5-6-14-11/h5-6,9-10,15H,2-4,7-8H2,1H3. The zero-order valence-electron chi connectivity index (χ0n) is 11.3. The predicted molar refractivity (Wildman–Crippen MR) is 73.6 cm³/mol. The molecular formula is C12H18N4O3S. The fourth-order valence-corrected chi connectivity index (χ4v) is 3.02. The van der Waals surface area contributed by atoms with Crippen molar-refractivity contribution in [2.24, 2.45) is 0 Å². The summed E-state index contributed by atoms with van der Waals surface area (Å²) in [5, 5.41) is 0. The van der Waals surface area contributed by atoms with Crippen LogP contribution in [0, 0.1) is 0 Å². The van der Waals surface area contributed by atoms with Gasteiger partial charge in [0.15, 0.2) is 0 Å². The summed E-state index contributed by atoms with van der Waals surface area (Å²) in [6.07, 6.45) is 5.67. The third-order valence-corrected chi connectivity index (χ3v) is 4.74. The van der Waals surface area contributed by atoms with Crippen molar-refractivity contribution >= 4 is 15.9 Å². The molecule has 2 rings (SSSR count). The van der Waals surface area contributed by atoms with Crippen molar-refractivity contribution in [3.05, 3.63) is 24.3 Å². The maximum atomic E-state index is 12.1. The van der Waals surface area contributed by atoms with E-state index in [9.17, 15) is 13.2 Å². The summed E-state index contributed by atoms with van der Waals surface area (Å²) in [6.45, 7) is 2.65. The maximum absolute atomic E-state index is 12.1. The first-order valence-electron chi connectivity index (χ1n) is 6.57. The minimum Gasteiger partial charge on any atom is -0.337 e. The highest BCUT2D eigenvalue weighted by Crippen LogP contribution is 2.13. The summed E-state index contributed by atoms with van der Waals surface area (Å²) >= 11 is 0. The van der Waals surface area contributed by atoms with Gasteiger partial charge in [-0.15, -0.1) is 0 Å². The summed E-state index contributed by atoms with van der Waals surface area (Å²) in [7, 11) is -3.18. The third kappa shape index (κ3) is 3.73. The summed E-state index contributed by atoms with van der Waals surface area (Å²) in [5.74, 6) is -0.0824. The normalized spacial score (nSPS) is 17.1. The number of sulfonamides is 1. The van der Waals surface area contributed by atoms with E-state index < -0.39 is 10.0 Å². The van der Waals surface area contributed by atoms with Gasteiger partial charge in [0, 0.05) is 31.5 Å². The van der Waals surface area contributed by atoms with E-state index in [1.54, 1.807) is 11.8 Å². The quantitative estimate of drug-likeness (QED) is 0.846. The molecule has 1 aromatic rings. The lowest BCUT2D eigenvalue weighted by Crippen LogP contribution is -2.47. The van der Waals surface area contributed by atoms with E-state index in [1.165, 1.54) is 18.6 Å². The molecule has 7 nitrogen and oxygen atoms in total. The van der Waals surface area contributed by atoms with Crippen LogP contribution in [0.5, 0.6) is 0 Å². The molecule has 1 amide bonds. The van der Waals surface area contributed by atoms with Crippen LogP contribution in [-0.4, -0.2) is 54.1 Å². The molecule has 0 unspecified atom stereocenters. The molecule has 0 bridgehead atoms. The number of nitrogens with one attached hydrogen (secondary N) is 1. The van der Waals surface area contributed by atoms with Gasteiger partial charge in [0.1, 0.15) is 5.69 Å². The van der Waals surface area contributed by atoms with Crippen molar-refractivity contribution in [1.82, 2.24) is 19.6 Å². The van der Waals surface area contributed by atoms with E-state index in [0.29, 0.717) is 31.6 Å². The van der Waals surface area contributed by atoms with Gasteiger partial charge in [0.25, 0.3) is 5.91 Å². The Morgan fingerprint density at radius 3 is 2.65 bits per heavy atom. The summed E-state index contributed by atoms with van der Waals surface area (Å²) in [5.41, 5.74) is 0.320. The number of hydrogen-bond acceptors (Lipinski definition) is 5. The Balaban J connectivity index is 1.90. The predicted octanol–water partition coefficient (Wildman–Crippen LogP) is 0.0205. The van der Waals surface area contributed by atoms with E-state index in [4.69, 9.17) is 0 Å². The molecule has 1 N–H and O–H groups in total. The van der Waals surface area contributed by atoms with Crippen LogP contribution in [0.1, 0.15) is 30.3 Å². The van der Waals surface area contributed by atoms with Crippen LogP contribution < -0.4 is 4.72 Å². The fraction of sp³-hybridized carbons (Fsp3) is 0.583. The highest BCUT2D eigenvalue weighted by Gasteiger charge is 2.26. The van der Waals surface area contributed by atoms with Crippen molar-refractivity contribution < 1.29 is 13.2 Å². The first kappa shape index (κ1) is 14.9. The summed E-state index contributed by atoms with van der Waals surface area (Å²) in [4.78, 5) is 21.7. The number of hydrogen-bond donors (Lipinski definition) is 1. The van der Waals surface area contributed by atoms with Crippen molar-refractivity contribution in [2.75, 3.05) is 18.8 Å². The van der Waals surface area contributed by atoms with Gasteiger partial charge in [-0.25, -0.2) is 18.1 Å². The van der Waals surface area contributed by atoms with Gasteiger partial charge in [0.2, 0.25) is 10.0 Å². The molecule has 8 heteroatoms. The Labute approximate surface area is 118 Å². The van der Waals surface area contributed by atoms with Crippen LogP contribution in [0.25, 0.3) is 0 Å². The minimum atomic E-state index is -3.18.